The lowest BCUT2D eigenvalue weighted by atomic mass is 10.0. The van der Waals surface area contributed by atoms with Gasteiger partial charge in [0.2, 0.25) is 0 Å². The van der Waals surface area contributed by atoms with Crippen molar-refractivity contribution >= 4 is 5.82 Å². The summed E-state index contributed by atoms with van der Waals surface area (Å²) in [5, 5.41) is 3.50. The van der Waals surface area contributed by atoms with Crippen LogP contribution in [0, 0.1) is 0 Å². The minimum Gasteiger partial charge on any atom is -0.354 e. The van der Waals surface area contributed by atoms with E-state index < -0.39 is 0 Å². The molecule has 0 unspecified atom stereocenters. The largest absolute Gasteiger partial charge is 0.354 e. The van der Waals surface area contributed by atoms with Crippen LogP contribution in [-0.2, 0) is 6.54 Å². The van der Waals surface area contributed by atoms with Gasteiger partial charge in [0.05, 0.1) is 0 Å². The molecule has 0 atom stereocenters. The zero-order valence-corrected chi connectivity index (χ0v) is 14.2. The van der Waals surface area contributed by atoms with Crippen molar-refractivity contribution in [2.45, 2.75) is 52.7 Å². The third-order valence-electron chi connectivity index (χ3n) is 4.10. The fourth-order valence-corrected chi connectivity index (χ4v) is 2.76. The van der Waals surface area contributed by atoms with Gasteiger partial charge in [-0.05, 0) is 26.8 Å². The molecular weight excluding hydrogens is 260 g/mol. The van der Waals surface area contributed by atoms with Gasteiger partial charge in [0.25, 0.3) is 0 Å². The molecule has 1 aliphatic heterocycles. The summed E-state index contributed by atoms with van der Waals surface area (Å²) in [5.74, 6) is 1.15. The van der Waals surface area contributed by atoms with Crippen molar-refractivity contribution in [3.05, 3.63) is 23.9 Å². The van der Waals surface area contributed by atoms with Gasteiger partial charge in [-0.3, -0.25) is 4.90 Å². The maximum Gasteiger partial charge on any atom is 0.133 e. The van der Waals surface area contributed by atoms with Gasteiger partial charge in [-0.1, -0.05) is 19.9 Å². The molecule has 0 bridgehead atoms. The summed E-state index contributed by atoms with van der Waals surface area (Å²) in [5.41, 5.74) is 1.56. The predicted molar refractivity (Wildman–Crippen MR) is 89.8 cm³/mol. The average Bonchev–Trinajstić information content (AvgIpc) is 2.44. The smallest absolute Gasteiger partial charge is 0.133 e. The Morgan fingerprint density at radius 1 is 1.19 bits per heavy atom. The van der Waals surface area contributed by atoms with Gasteiger partial charge in [-0.25, -0.2) is 4.98 Å². The van der Waals surface area contributed by atoms with E-state index in [2.05, 4.69) is 60.8 Å². The maximum absolute atomic E-state index is 4.63. The molecule has 2 heterocycles. The molecule has 1 aromatic rings. The van der Waals surface area contributed by atoms with Gasteiger partial charge in [-0.15, -0.1) is 0 Å². The van der Waals surface area contributed by atoms with Crippen molar-refractivity contribution in [3.8, 4) is 0 Å². The van der Waals surface area contributed by atoms with E-state index in [-0.39, 0.29) is 5.54 Å². The number of hydrogen-bond donors (Lipinski definition) is 1. The molecule has 0 amide bonds. The number of nitrogens with zero attached hydrogens (tertiary/aromatic N) is 3. The number of nitrogens with one attached hydrogen (secondary N) is 1. The number of pyridine rings is 1. The van der Waals surface area contributed by atoms with E-state index in [1.54, 1.807) is 0 Å². The number of anilines is 1. The molecule has 1 N–H and O–H groups in total. The normalized spacial score (nSPS) is 17.5. The van der Waals surface area contributed by atoms with E-state index in [0.717, 1.165) is 38.5 Å². The maximum atomic E-state index is 4.63. The summed E-state index contributed by atoms with van der Waals surface area (Å²) in [7, 11) is 0. The van der Waals surface area contributed by atoms with Crippen LogP contribution in [-0.4, -0.2) is 47.6 Å². The third-order valence-corrected chi connectivity index (χ3v) is 4.10. The van der Waals surface area contributed by atoms with Crippen LogP contribution in [0.25, 0.3) is 0 Å². The molecule has 0 aromatic carbocycles. The fraction of sp³-hybridized carbons (Fsp3) is 0.706. The highest BCUT2D eigenvalue weighted by Crippen LogP contribution is 2.22. The van der Waals surface area contributed by atoms with Crippen LogP contribution >= 0.6 is 0 Å². The van der Waals surface area contributed by atoms with Crippen molar-refractivity contribution in [1.82, 2.24) is 15.2 Å². The van der Waals surface area contributed by atoms with E-state index in [0.29, 0.717) is 6.04 Å². The molecule has 0 spiro atoms. The molecule has 1 fully saturated rings. The number of aromatic nitrogens is 1. The van der Waals surface area contributed by atoms with Crippen LogP contribution in [0.2, 0.25) is 0 Å². The molecule has 0 radical (unpaired) electrons. The van der Waals surface area contributed by atoms with Gasteiger partial charge in [0, 0.05) is 56.1 Å². The summed E-state index contributed by atoms with van der Waals surface area (Å²) in [6, 6.07) is 4.72. The molecule has 1 aliphatic rings. The zero-order chi connectivity index (χ0) is 15.5. The molecule has 118 valence electrons. The van der Waals surface area contributed by atoms with Crippen molar-refractivity contribution in [2.24, 2.45) is 0 Å². The Morgan fingerprint density at radius 2 is 1.86 bits per heavy atom. The van der Waals surface area contributed by atoms with Crippen molar-refractivity contribution < 1.29 is 0 Å². The Kier molecular flexibility index (Phi) is 5.22. The molecule has 1 aromatic heterocycles. The summed E-state index contributed by atoms with van der Waals surface area (Å²) in [4.78, 5) is 9.62. The molecule has 2 rings (SSSR count). The van der Waals surface area contributed by atoms with Crippen molar-refractivity contribution in [3.63, 3.8) is 0 Å². The van der Waals surface area contributed by atoms with Gasteiger partial charge in [-0.2, -0.15) is 0 Å². The summed E-state index contributed by atoms with van der Waals surface area (Å²) in [6.07, 6.45) is 1.91. The van der Waals surface area contributed by atoms with Crippen LogP contribution < -0.4 is 10.2 Å². The highest BCUT2D eigenvalue weighted by Gasteiger charge is 2.26. The minimum absolute atomic E-state index is 0.262. The lowest BCUT2D eigenvalue weighted by molar-refractivity contribution is 0.128. The second-order valence-corrected chi connectivity index (χ2v) is 7.17. The third kappa shape index (κ3) is 4.42. The second kappa shape index (κ2) is 6.75. The van der Waals surface area contributed by atoms with Gasteiger partial charge in [0.1, 0.15) is 5.82 Å². The SMILES string of the molecule is CC(C)NCc1cccnc1N1CCN(C(C)(C)C)CC1. The van der Waals surface area contributed by atoms with Gasteiger partial charge >= 0.3 is 0 Å². The number of piperazine rings is 1. The molecular formula is C17H30N4. The van der Waals surface area contributed by atoms with E-state index in [1.807, 2.05) is 12.3 Å². The number of hydrogen-bond acceptors (Lipinski definition) is 4. The standard InChI is InChI=1S/C17H30N4/c1-14(2)19-13-15-7-6-8-18-16(15)20-9-11-21(12-10-20)17(3,4)5/h6-8,14,19H,9-13H2,1-5H3. The lowest BCUT2D eigenvalue weighted by Crippen LogP contribution is -2.53. The first-order valence-electron chi connectivity index (χ1n) is 8.05. The quantitative estimate of drug-likeness (QED) is 0.923. The van der Waals surface area contributed by atoms with E-state index in [1.165, 1.54) is 5.56 Å². The Balaban J connectivity index is 2.03. The molecule has 0 aliphatic carbocycles. The van der Waals surface area contributed by atoms with Crippen LogP contribution in [0.1, 0.15) is 40.2 Å². The monoisotopic (exact) mass is 290 g/mol. The van der Waals surface area contributed by atoms with Crippen LogP contribution in [0.3, 0.4) is 0 Å². The summed E-state index contributed by atoms with van der Waals surface area (Å²) >= 11 is 0. The van der Waals surface area contributed by atoms with Crippen LogP contribution in [0.4, 0.5) is 5.82 Å². The molecule has 4 heteroatoms. The van der Waals surface area contributed by atoms with Crippen molar-refractivity contribution in [2.75, 3.05) is 31.1 Å². The van der Waals surface area contributed by atoms with E-state index >= 15 is 0 Å². The topological polar surface area (TPSA) is 31.4 Å². The predicted octanol–water partition coefficient (Wildman–Crippen LogP) is 2.50. The number of rotatable bonds is 4. The molecule has 4 nitrogen and oxygen atoms in total. The lowest BCUT2D eigenvalue weighted by Gasteiger charge is -2.43. The molecule has 21 heavy (non-hydrogen) atoms. The van der Waals surface area contributed by atoms with Crippen LogP contribution in [0.15, 0.2) is 18.3 Å². The van der Waals surface area contributed by atoms with E-state index in [4.69, 9.17) is 0 Å². The Bertz CT molecular complexity index is 442. The van der Waals surface area contributed by atoms with Gasteiger partial charge < -0.3 is 10.2 Å². The first-order valence-corrected chi connectivity index (χ1v) is 8.05. The van der Waals surface area contributed by atoms with E-state index in [9.17, 15) is 0 Å². The Labute approximate surface area is 129 Å². The molecule has 0 saturated carbocycles. The molecule has 1 saturated heterocycles. The fourth-order valence-electron chi connectivity index (χ4n) is 2.76. The van der Waals surface area contributed by atoms with Crippen molar-refractivity contribution in [1.29, 1.82) is 0 Å². The Morgan fingerprint density at radius 3 is 2.43 bits per heavy atom. The summed E-state index contributed by atoms with van der Waals surface area (Å²) < 4.78 is 0. The zero-order valence-electron chi connectivity index (χ0n) is 14.2. The highest BCUT2D eigenvalue weighted by atomic mass is 15.3. The minimum atomic E-state index is 0.262. The highest BCUT2D eigenvalue weighted by molar-refractivity contribution is 5.47. The van der Waals surface area contributed by atoms with Gasteiger partial charge in [0.15, 0.2) is 0 Å². The first-order chi connectivity index (χ1) is 9.88. The Hall–Kier alpha value is -1.13. The second-order valence-electron chi connectivity index (χ2n) is 7.17. The van der Waals surface area contributed by atoms with Crippen LogP contribution in [0.5, 0.6) is 0 Å². The average molecular weight is 290 g/mol. The first kappa shape index (κ1) is 16.2. The summed E-state index contributed by atoms with van der Waals surface area (Å²) in [6.45, 7) is 16.5.